The molecular weight excluding hydrogens is 86.1 g/mol. The number of hydrogen-bond acceptors (Lipinski definition) is 1. The normalized spacial score (nSPS) is 26.7. The van der Waals surface area contributed by atoms with Gasteiger partial charge in [0, 0.05) is 6.21 Å². The van der Waals surface area contributed by atoms with E-state index in [1.54, 1.807) is 0 Å². The molecular formula is C6H9N. The first-order valence-corrected chi connectivity index (χ1v) is 2.63. The van der Waals surface area contributed by atoms with Crippen molar-refractivity contribution in [2.75, 3.05) is 0 Å². The molecule has 1 atom stereocenters. The Bertz CT molecular complexity index is 90.7. The summed E-state index contributed by atoms with van der Waals surface area (Å²) in [6.07, 6.45) is 7.09. The summed E-state index contributed by atoms with van der Waals surface area (Å²) < 4.78 is 0. The van der Waals surface area contributed by atoms with Crippen LogP contribution in [0.15, 0.2) is 17.1 Å². The van der Waals surface area contributed by atoms with Crippen LogP contribution in [0.4, 0.5) is 0 Å². The molecule has 7 heavy (non-hydrogen) atoms. The number of nitrogens with zero attached hydrogens (tertiary/aromatic N) is 1. The topological polar surface area (TPSA) is 12.4 Å². The van der Waals surface area contributed by atoms with Gasteiger partial charge in [-0.05, 0) is 12.5 Å². The van der Waals surface area contributed by atoms with Gasteiger partial charge in [0.15, 0.2) is 0 Å². The van der Waals surface area contributed by atoms with E-state index in [4.69, 9.17) is 0 Å². The molecule has 1 unspecified atom stereocenters. The Morgan fingerprint density at radius 3 is 2.86 bits per heavy atom. The van der Waals surface area contributed by atoms with Crippen LogP contribution in [0.2, 0.25) is 0 Å². The van der Waals surface area contributed by atoms with Gasteiger partial charge in [-0.25, -0.2) is 0 Å². The van der Waals surface area contributed by atoms with Crippen LogP contribution in [-0.4, -0.2) is 12.3 Å². The summed E-state index contributed by atoms with van der Waals surface area (Å²) in [7, 11) is 0. The Hall–Kier alpha value is -0.590. The van der Waals surface area contributed by atoms with Crippen LogP contribution >= 0.6 is 0 Å². The number of allylic oxidation sites excluding steroid dienone is 1. The molecule has 1 heteroatoms. The third-order valence-corrected chi connectivity index (χ3v) is 1.12. The highest BCUT2D eigenvalue weighted by Crippen LogP contribution is 2.01. The Morgan fingerprint density at radius 1 is 1.71 bits per heavy atom. The molecule has 0 fully saturated rings. The van der Waals surface area contributed by atoms with Gasteiger partial charge in [-0.1, -0.05) is 13.0 Å². The fourth-order valence-corrected chi connectivity index (χ4v) is 0.629. The minimum absolute atomic E-state index is 0.486. The van der Waals surface area contributed by atoms with Crippen molar-refractivity contribution in [1.82, 2.24) is 0 Å². The lowest BCUT2D eigenvalue weighted by atomic mass is 10.2. The Labute approximate surface area is 43.8 Å². The second kappa shape index (κ2) is 1.92. The van der Waals surface area contributed by atoms with Crippen molar-refractivity contribution in [3.05, 3.63) is 12.2 Å². The predicted molar refractivity (Wildman–Crippen MR) is 31.7 cm³/mol. The molecule has 0 spiro atoms. The van der Waals surface area contributed by atoms with Crippen molar-refractivity contribution >= 4 is 6.21 Å². The van der Waals surface area contributed by atoms with E-state index in [1.165, 1.54) is 0 Å². The van der Waals surface area contributed by atoms with Gasteiger partial charge in [-0.15, -0.1) is 0 Å². The summed E-state index contributed by atoms with van der Waals surface area (Å²) in [4.78, 5) is 4.12. The second-order valence-corrected chi connectivity index (χ2v) is 1.66. The second-order valence-electron chi connectivity index (χ2n) is 1.66. The maximum atomic E-state index is 4.12. The van der Waals surface area contributed by atoms with Crippen LogP contribution in [0, 0.1) is 0 Å². The molecule has 1 heterocycles. The third-order valence-electron chi connectivity index (χ3n) is 1.12. The Kier molecular flexibility index (Phi) is 1.25. The fraction of sp³-hybridized carbons (Fsp3) is 0.500. The van der Waals surface area contributed by atoms with Gasteiger partial charge in [-0.2, -0.15) is 0 Å². The first-order chi connectivity index (χ1) is 3.43. The molecule has 38 valence electrons. The fourth-order valence-electron chi connectivity index (χ4n) is 0.629. The van der Waals surface area contributed by atoms with E-state index in [0.717, 1.165) is 6.42 Å². The lowest BCUT2D eigenvalue weighted by Crippen LogP contribution is -1.90. The molecule has 0 radical (unpaired) electrons. The summed E-state index contributed by atoms with van der Waals surface area (Å²) in [5.41, 5.74) is 0. The van der Waals surface area contributed by atoms with E-state index < -0.39 is 0 Å². The van der Waals surface area contributed by atoms with Crippen molar-refractivity contribution < 1.29 is 0 Å². The molecule has 0 aromatic carbocycles. The van der Waals surface area contributed by atoms with Crippen molar-refractivity contribution in [3.63, 3.8) is 0 Å². The van der Waals surface area contributed by atoms with Crippen LogP contribution < -0.4 is 0 Å². The van der Waals surface area contributed by atoms with E-state index >= 15 is 0 Å². The molecule has 0 bridgehead atoms. The highest BCUT2D eigenvalue weighted by atomic mass is 14.8. The average Bonchev–Trinajstić information content (AvgIpc) is 2.14. The molecule has 0 aromatic heterocycles. The molecule has 0 aliphatic carbocycles. The van der Waals surface area contributed by atoms with Crippen LogP contribution in [0.5, 0.6) is 0 Å². The number of aliphatic imine (C=N–C) groups is 1. The van der Waals surface area contributed by atoms with E-state index in [-0.39, 0.29) is 0 Å². The van der Waals surface area contributed by atoms with Gasteiger partial charge in [-0.3, -0.25) is 4.99 Å². The molecule has 1 rings (SSSR count). The Morgan fingerprint density at radius 2 is 2.57 bits per heavy atom. The maximum Gasteiger partial charge on any atom is 0.0680 e. The number of rotatable bonds is 1. The van der Waals surface area contributed by atoms with E-state index in [0.29, 0.717) is 6.04 Å². The molecule has 0 saturated heterocycles. The molecule has 1 aliphatic heterocycles. The Balaban J connectivity index is 2.44. The lowest BCUT2D eigenvalue weighted by Gasteiger charge is -1.93. The minimum atomic E-state index is 0.486. The van der Waals surface area contributed by atoms with Crippen LogP contribution in [-0.2, 0) is 0 Å². The monoisotopic (exact) mass is 95.1 g/mol. The molecule has 1 nitrogen and oxygen atoms in total. The van der Waals surface area contributed by atoms with Crippen molar-refractivity contribution in [1.29, 1.82) is 0 Å². The van der Waals surface area contributed by atoms with Gasteiger partial charge in [0.2, 0.25) is 0 Å². The highest BCUT2D eigenvalue weighted by molar-refractivity contribution is 5.74. The SMILES string of the molecule is CCC1C=CC=N1. The number of hydrogen-bond donors (Lipinski definition) is 0. The van der Waals surface area contributed by atoms with Crippen molar-refractivity contribution in [3.8, 4) is 0 Å². The smallest absolute Gasteiger partial charge is 0.0680 e. The lowest BCUT2D eigenvalue weighted by molar-refractivity contribution is 0.799. The third kappa shape index (κ3) is 0.889. The zero-order chi connectivity index (χ0) is 5.11. The maximum absolute atomic E-state index is 4.12. The largest absolute Gasteiger partial charge is 0.286 e. The molecule has 0 saturated carbocycles. The molecule has 1 aliphatic rings. The van der Waals surface area contributed by atoms with Gasteiger partial charge in [0.25, 0.3) is 0 Å². The van der Waals surface area contributed by atoms with E-state index in [2.05, 4.69) is 18.0 Å². The van der Waals surface area contributed by atoms with Crippen molar-refractivity contribution in [2.45, 2.75) is 19.4 Å². The zero-order valence-electron chi connectivity index (χ0n) is 4.46. The first-order valence-electron chi connectivity index (χ1n) is 2.63. The quantitative estimate of drug-likeness (QED) is 0.467. The summed E-state index contributed by atoms with van der Waals surface area (Å²) in [5, 5.41) is 0. The first kappa shape index (κ1) is 4.57. The average molecular weight is 95.1 g/mol. The van der Waals surface area contributed by atoms with Gasteiger partial charge in [0.1, 0.15) is 0 Å². The van der Waals surface area contributed by atoms with Gasteiger partial charge >= 0.3 is 0 Å². The minimum Gasteiger partial charge on any atom is -0.286 e. The standard InChI is InChI=1S/C6H9N/c1-2-6-4-3-5-7-6/h3-6H,2H2,1H3. The highest BCUT2D eigenvalue weighted by Gasteiger charge is 1.97. The summed E-state index contributed by atoms with van der Waals surface area (Å²) in [6.45, 7) is 2.14. The van der Waals surface area contributed by atoms with Crippen LogP contribution in [0.25, 0.3) is 0 Å². The molecule has 0 aromatic rings. The van der Waals surface area contributed by atoms with Crippen LogP contribution in [0.3, 0.4) is 0 Å². The summed E-state index contributed by atoms with van der Waals surface area (Å²) in [6, 6.07) is 0.486. The van der Waals surface area contributed by atoms with E-state index in [9.17, 15) is 0 Å². The summed E-state index contributed by atoms with van der Waals surface area (Å²) >= 11 is 0. The van der Waals surface area contributed by atoms with E-state index in [1.807, 2.05) is 12.3 Å². The van der Waals surface area contributed by atoms with Gasteiger partial charge in [0.05, 0.1) is 6.04 Å². The summed E-state index contributed by atoms with van der Waals surface area (Å²) in [5.74, 6) is 0. The van der Waals surface area contributed by atoms with Crippen molar-refractivity contribution in [2.24, 2.45) is 4.99 Å². The predicted octanol–water partition coefficient (Wildman–Crippen LogP) is 1.41. The molecule has 0 amide bonds. The van der Waals surface area contributed by atoms with Crippen LogP contribution in [0.1, 0.15) is 13.3 Å². The molecule has 0 N–H and O–H groups in total. The zero-order valence-corrected chi connectivity index (χ0v) is 4.46. The van der Waals surface area contributed by atoms with Gasteiger partial charge < -0.3 is 0 Å².